The fourth-order valence-electron chi connectivity index (χ4n) is 1.65. The Balaban J connectivity index is 0.00000441. The average molecular weight is 331 g/mol. The molecule has 0 aromatic heterocycles. The third-order valence-corrected chi connectivity index (χ3v) is 2.88. The summed E-state index contributed by atoms with van der Waals surface area (Å²) in [5.74, 6) is 0.187. The van der Waals surface area contributed by atoms with E-state index in [9.17, 15) is 9.59 Å². The normalized spacial score (nSPS) is 11.0. The molecule has 0 fully saturated rings. The van der Waals surface area contributed by atoms with Gasteiger partial charge in [0.25, 0.3) is 0 Å². The first-order valence-electron chi connectivity index (χ1n) is 6.82. The van der Waals surface area contributed by atoms with E-state index in [4.69, 9.17) is 4.74 Å². The number of rotatable bonds is 8. The van der Waals surface area contributed by atoms with E-state index >= 15 is 0 Å². The topological polar surface area (TPSA) is 76.7 Å². The molecule has 0 radical (unpaired) electrons. The number of carbonyl (C=O) groups excluding carboxylic acids is 2. The van der Waals surface area contributed by atoms with Crippen LogP contribution in [0, 0.1) is 5.92 Å². The first-order valence-corrected chi connectivity index (χ1v) is 6.82. The van der Waals surface area contributed by atoms with Gasteiger partial charge in [-0.05, 0) is 31.3 Å². The number of halogens is 1. The number of nitrogens with one attached hydrogen (secondary N) is 2. The van der Waals surface area contributed by atoms with E-state index in [-0.39, 0.29) is 43.2 Å². The van der Waals surface area contributed by atoms with Gasteiger partial charge in [0.15, 0.2) is 0 Å². The molecule has 1 unspecified atom stereocenters. The second-order valence-corrected chi connectivity index (χ2v) is 4.65. The lowest BCUT2D eigenvalue weighted by molar-refractivity contribution is -0.141. The summed E-state index contributed by atoms with van der Waals surface area (Å²) in [4.78, 5) is 22.8. The molecule has 1 amide bonds. The summed E-state index contributed by atoms with van der Waals surface area (Å²) in [6.07, 6.45) is 0.205. The van der Waals surface area contributed by atoms with Crippen LogP contribution in [0.1, 0.15) is 13.3 Å². The van der Waals surface area contributed by atoms with E-state index in [1.54, 1.807) is 24.3 Å². The monoisotopic (exact) mass is 330 g/mol. The highest BCUT2D eigenvalue weighted by molar-refractivity contribution is 5.92. The van der Waals surface area contributed by atoms with Crippen LogP contribution < -0.4 is 15.4 Å². The van der Waals surface area contributed by atoms with Crippen molar-refractivity contribution in [3.8, 4) is 5.75 Å². The number of carbonyl (C=O) groups is 2. The van der Waals surface area contributed by atoms with Gasteiger partial charge in [-0.3, -0.25) is 9.59 Å². The summed E-state index contributed by atoms with van der Waals surface area (Å²) in [7, 11) is 3.15. The molecule has 0 aliphatic carbocycles. The highest BCUT2D eigenvalue weighted by Crippen LogP contribution is 2.16. The molecular weight excluding hydrogens is 308 g/mol. The van der Waals surface area contributed by atoms with E-state index in [0.29, 0.717) is 18.0 Å². The first kappa shape index (κ1) is 20.2. The highest BCUT2D eigenvalue weighted by atomic mass is 35.5. The molecular formula is C15H23ClN2O4. The molecule has 0 saturated heterocycles. The van der Waals surface area contributed by atoms with Gasteiger partial charge in [0.1, 0.15) is 5.75 Å². The minimum atomic E-state index is -0.308. The van der Waals surface area contributed by atoms with Crippen molar-refractivity contribution in [3.63, 3.8) is 0 Å². The second-order valence-electron chi connectivity index (χ2n) is 4.65. The van der Waals surface area contributed by atoms with Crippen LogP contribution in [0.4, 0.5) is 5.69 Å². The summed E-state index contributed by atoms with van der Waals surface area (Å²) in [5, 5.41) is 5.79. The SMILES string of the molecule is CNCC(C)C(=O)Nc1ccc(OCCC(=O)OC)cc1.Cl. The van der Waals surface area contributed by atoms with Crippen molar-refractivity contribution in [1.29, 1.82) is 0 Å². The van der Waals surface area contributed by atoms with Crippen molar-refractivity contribution >= 4 is 30.0 Å². The van der Waals surface area contributed by atoms with Crippen LogP contribution in [0.5, 0.6) is 5.75 Å². The molecule has 0 aliphatic heterocycles. The predicted octanol–water partition coefficient (Wildman–Crippen LogP) is 1.84. The smallest absolute Gasteiger partial charge is 0.308 e. The maximum atomic E-state index is 11.8. The van der Waals surface area contributed by atoms with Crippen molar-refractivity contribution in [2.45, 2.75) is 13.3 Å². The van der Waals surface area contributed by atoms with Gasteiger partial charge < -0.3 is 20.1 Å². The van der Waals surface area contributed by atoms with Crippen LogP contribution in [-0.2, 0) is 14.3 Å². The number of methoxy groups -OCH3 is 1. The third kappa shape index (κ3) is 7.28. The minimum absolute atomic E-state index is 0. The van der Waals surface area contributed by atoms with Gasteiger partial charge in [-0.2, -0.15) is 0 Å². The molecule has 0 aliphatic rings. The van der Waals surface area contributed by atoms with Crippen molar-refractivity contribution in [1.82, 2.24) is 5.32 Å². The predicted molar refractivity (Wildman–Crippen MR) is 87.5 cm³/mol. The van der Waals surface area contributed by atoms with E-state index in [1.165, 1.54) is 7.11 Å². The quantitative estimate of drug-likeness (QED) is 0.711. The maximum absolute atomic E-state index is 11.8. The summed E-state index contributed by atoms with van der Waals surface area (Å²) in [6, 6.07) is 7.01. The van der Waals surface area contributed by atoms with E-state index in [1.807, 2.05) is 14.0 Å². The van der Waals surface area contributed by atoms with Gasteiger partial charge in [0.2, 0.25) is 5.91 Å². The maximum Gasteiger partial charge on any atom is 0.308 e. The lowest BCUT2D eigenvalue weighted by atomic mass is 10.1. The lowest BCUT2D eigenvalue weighted by Gasteiger charge is -2.12. The summed E-state index contributed by atoms with van der Waals surface area (Å²) in [6.45, 7) is 2.74. The van der Waals surface area contributed by atoms with E-state index in [2.05, 4.69) is 15.4 Å². The molecule has 7 heteroatoms. The average Bonchev–Trinajstić information content (AvgIpc) is 2.49. The zero-order valence-electron chi connectivity index (χ0n) is 13.0. The lowest BCUT2D eigenvalue weighted by Crippen LogP contribution is -2.28. The van der Waals surface area contributed by atoms with Gasteiger partial charge in [-0.15, -0.1) is 12.4 Å². The molecule has 0 saturated carbocycles. The van der Waals surface area contributed by atoms with E-state index in [0.717, 1.165) is 0 Å². The van der Waals surface area contributed by atoms with Gasteiger partial charge in [0, 0.05) is 18.2 Å². The standard InChI is InChI=1S/C15H22N2O4.ClH/c1-11(10-16-2)15(19)17-12-4-6-13(7-5-12)21-9-8-14(18)20-3;/h4-7,11,16H,8-10H2,1-3H3,(H,17,19);1H. The zero-order chi connectivity index (χ0) is 15.7. The molecule has 22 heavy (non-hydrogen) atoms. The van der Waals surface area contributed by atoms with Gasteiger partial charge in [-0.25, -0.2) is 0 Å². The van der Waals surface area contributed by atoms with Gasteiger partial charge >= 0.3 is 5.97 Å². The molecule has 124 valence electrons. The molecule has 1 aromatic rings. The first-order chi connectivity index (χ1) is 10.1. The van der Waals surface area contributed by atoms with Crippen LogP contribution in [0.2, 0.25) is 0 Å². The number of esters is 1. The largest absolute Gasteiger partial charge is 0.493 e. The Morgan fingerprint density at radius 3 is 2.41 bits per heavy atom. The molecule has 6 nitrogen and oxygen atoms in total. The van der Waals surface area contributed by atoms with Crippen LogP contribution >= 0.6 is 12.4 Å². The zero-order valence-corrected chi connectivity index (χ0v) is 13.9. The van der Waals surface area contributed by atoms with Crippen LogP contribution in [0.25, 0.3) is 0 Å². The molecule has 1 atom stereocenters. The number of amides is 1. The minimum Gasteiger partial charge on any atom is -0.493 e. The van der Waals surface area contributed by atoms with Crippen molar-refractivity contribution in [2.75, 3.05) is 32.6 Å². The number of benzene rings is 1. The molecule has 0 heterocycles. The Kier molecular flexibility index (Phi) is 9.98. The third-order valence-electron chi connectivity index (χ3n) is 2.88. The fraction of sp³-hybridized carbons (Fsp3) is 0.467. The Hall–Kier alpha value is -1.79. The van der Waals surface area contributed by atoms with Crippen molar-refractivity contribution in [2.24, 2.45) is 5.92 Å². The van der Waals surface area contributed by atoms with Crippen molar-refractivity contribution in [3.05, 3.63) is 24.3 Å². The van der Waals surface area contributed by atoms with E-state index < -0.39 is 0 Å². The van der Waals surface area contributed by atoms with Gasteiger partial charge in [-0.1, -0.05) is 6.92 Å². The second kappa shape index (κ2) is 10.9. The molecule has 2 N–H and O–H groups in total. The Bertz CT molecular complexity index is 465. The number of hydrogen-bond donors (Lipinski definition) is 2. The Labute approximate surface area is 137 Å². The number of anilines is 1. The van der Waals surface area contributed by atoms with Gasteiger partial charge in [0.05, 0.1) is 20.1 Å². The molecule has 1 rings (SSSR count). The summed E-state index contributed by atoms with van der Waals surface area (Å²) in [5.41, 5.74) is 0.711. The summed E-state index contributed by atoms with van der Waals surface area (Å²) < 4.78 is 9.92. The van der Waals surface area contributed by atoms with Crippen LogP contribution in [-0.4, -0.2) is 39.2 Å². The van der Waals surface area contributed by atoms with Crippen LogP contribution in [0.3, 0.4) is 0 Å². The summed E-state index contributed by atoms with van der Waals surface area (Å²) >= 11 is 0. The fourth-order valence-corrected chi connectivity index (χ4v) is 1.65. The number of hydrogen-bond acceptors (Lipinski definition) is 5. The molecule has 1 aromatic carbocycles. The highest BCUT2D eigenvalue weighted by Gasteiger charge is 2.11. The van der Waals surface area contributed by atoms with Crippen molar-refractivity contribution < 1.29 is 19.1 Å². The molecule has 0 spiro atoms. The molecule has 0 bridgehead atoms. The Morgan fingerprint density at radius 1 is 1.23 bits per heavy atom. The Morgan fingerprint density at radius 2 is 1.86 bits per heavy atom. The van der Waals surface area contributed by atoms with Crippen LogP contribution in [0.15, 0.2) is 24.3 Å². The number of ether oxygens (including phenoxy) is 2.